The number of amides is 1. The third-order valence-electron chi connectivity index (χ3n) is 2.53. The van der Waals surface area contributed by atoms with Gasteiger partial charge in [-0.3, -0.25) is 0 Å². The molecule has 0 unspecified atom stereocenters. The number of benzene rings is 1. The second kappa shape index (κ2) is 4.88. The second-order valence-corrected chi connectivity index (χ2v) is 3.59. The molecule has 0 aliphatic carbocycles. The van der Waals surface area contributed by atoms with Gasteiger partial charge in [0.1, 0.15) is 5.75 Å². The smallest absolute Gasteiger partial charge is 0.407 e. The molecule has 1 saturated heterocycles. The molecule has 2 rings (SSSR count). The molecule has 86 valence electrons. The minimum Gasteiger partial charge on any atom is -0.494 e. The van der Waals surface area contributed by atoms with Crippen LogP contribution in [0.15, 0.2) is 24.3 Å². The molecule has 1 amide bonds. The Balaban J connectivity index is 2.21. The molecule has 4 nitrogen and oxygen atoms in total. The number of carbonyl (C=O) groups excluding carboxylic acids is 1. The van der Waals surface area contributed by atoms with Crippen LogP contribution in [-0.2, 0) is 4.74 Å². The van der Waals surface area contributed by atoms with Crippen LogP contribution in [0.3, 0.4) is 0 Å². The van der Waals surface area contributed by atoms with E-state index in [-0.39, 0.29) is 12.1 Å². The summed E-state index contributed by atoms with van der Waals surface area (Å²) < 4.78 is 10.4. The summed E-state index contributed by atoms with van der Waals surface area (Å²) in [7, 11) is 0. The van der Waals surface area contributed by atoms with Gasteiger partial charge in [-0.1, -0.05) is 18.2 Å². The number of alkyl carbamates (subject to hydrolysis) is 1. The zero-order valence-corrected chi connectivity index (χ0v) is 9.23. The lowest BCUT2D eigenvalue weighted by Crippen LogP contribution is -2.35. The van der Waals surface area contributed by atoms with Gasteiger partial charge in [-0.25, -0.2) is 4.79 Å². The van der Waals surface area contributed by atoms with Crippen molar-refractivity contribution in [1.82, 2.24) is 5.32 Å². The Morgan fingerprint density at radius 1 is 1.50 bits per heavy atom. The van der Waals surface area contributed by atoms with Crippen LogP contribution in [0, 0.1) is 0 Å². The van der Waals surface area contributed by atoms with Gasteiger partial charge in [-0.05, 0) is 13.0 Å². The molecule has 0 aromatic heterocycles. The van der Waals surface area contributed by atoms with E-state index in [0.717, 1.165) is 17.7 Å². The molecular formula is C12H15NO3. The zero-order chi connectivity index (χ0) is 11.4. The number of hydrogen-bond acceptors (Lipinski definition) is 3. The van der Waals surface area contributed by atoms with Crippen LogP contribution < -0.4 is 10.1 Å². The van der Waals surface area contributed by atoms with Gasteiger partial charge < -0.3 is 14.8 Å². The molecule has 1 atom stereocenters. The number of nitrogens with one attached hydrogen (secondary N) is 1. The first-order valence-corrected chi connectivity index (χ1v) is 5.46. The van der Waals surface area contributed by atoms with Crippen molar-refractivity contribution in [3.05, 3.63) is 29.8 Å². The van der Waals surface area contributed by atoms with Gasteiger partial charge in [0.25, 0.3) is 0 Å². The first-order valence-electron chi connectivity index (χ1n) is 5.46. The highest BCUT2D eigenvalue weighted by atomic mass is 16.6. The molecule has 0 spiro atoms. The standard InChI is InChI=1S/C12H15NO3/c1-2-15-11-6-4-3-5-9(11)10-7-8-16-12(14)13-10/h3-6,10H,2,7-8H2,1H3,(H,13,14)/t10-/m1/s1. The Kier molecular flexibility index (Phi) is 3.29. The highest BCUT2D eigenvalue weighted by Gasteiger charge is 2.23. The van der Waals surface area contributed by atoms with Crippen LogP contribution in [0.25, 0.3) is 0 Å². The Labute approximate surface area is 94.6 Å². The Hall–Kier alpha value is -1.71. The second-order valence-electron chi connectivity index (χ2n) is 3.59. The molecule has 1 aromatic rings. The number of carbonyl (C=O) groups is 1. The summed E-state index contributed by atoms with van der Waals surface area (Å²) in [6.07, 6.45) is 0.415. The first kappa shape index (κ1) is 10.8. The van der Waals surface area contributed by atoms with Gasteiger partial charge in [-0.2, -0.15) is 0 Å². The average Bonchev–Trinajstić information content (AvgIpc) is 2.30. The van der Waals surface area contributed by atoms with Crippen LogP contribution in [0.1, 0.15) is 24.9 Å². The summed E-state index contributed by atoms with van der Waals surface area (Å²) in [6, 6.07) is 7.75. The molecule has 0 saturated carbocycles. The Bertz CT molecular complexity index is 378. The summed E-state index contributed by atoms with van der Waals surface area (Å²) in [5.41, 5.74) is 1.01. The fourth-order valence-electron chi connectivity index (χ4n) is 1.81. The predicted octanol–water partition coefficient (Wildman–Crippen LogP) is 2.26. The van der Waals surface area contributed by atoms with E-state index in [1.165, 1.54) is 0 Å². The van der Waals surface area contributed by atoms with Crippen molar-refractivity contribution in [2.75, 3.05) is 13.2 Å². The van der Waals surface area contributed by atoms with Crippen LogP contribution in [0.4, 0.5) is 4.79 Å². The van der Waals surface area contributed by atoms with E-state index in [0.29, 0.717) is 13.2 Å². The largest absolute Gasteiger partial charge is 0.494 e. The number of rotatable bonds is 3. The SMILES string of the molecule is CCOc1ccccc1[C@H]1CCOC(=O)N1. The van der Waals surface area contributed by atoms with E-state index in [1.54, 1.807) is 0 Å². The minimum atomic E-state index is -0.359. The molecule has 1 aliphatic heterocycles. The molecule has 4 heteroatoms. The lowest BCUT2D eigenvalue weighted by atomic mass is 10.0. The lowest BCUT2D eigenvalue weighted by Gasteiger charge is -2.25. The molecule has 1 N–H and O–H groups in total. The maximum atomic E-state index is 11.1. The number of para-hydroxylation sites is 1. The van der Waals surface area contributed by atoms with Gasteiger partial charge >= 0.3 is 6.09 Å². The third kappa shape index (κ3) is 2.27. The molecule has 1 aliphatic rings. The van der Waals surface area contributed by atoms with Crippen molar-refractivity contribution in [3.8, 4) is 5.75 Å². The number of cyclic esters (lactones) is 1. The third-order valence-corrected chi connectivity index (χ3v) is 2.53. The highest BCUT2D eigenvalue weighted by molar-refractivity contribution is 5.68. The molecular weight excluding hydrogens is 206 g/mol. The monoisotopic (exact) mass is 221 g/mol. The summed E-state index contributed by atoms with van der Waals surface area (Å²) in [5, 5.41) is 2.79. The predicted molar refractivity (Wildman–Crippen MR) is 59.5 cm³/mol. The van der Waals surface area contributed by atoms with E-state index >= 15 is 0 Å². The summed E-state index contributed by atoms with van der Waals surface area (Å²) in [4.78, 5) is 11.1. The lowest BCUT2D eigenvalue weighted by molar-refractivity contribution is 0.115. The average molecular weight is 221 g/mol. The van der Waals surface area contributed by atoms with E-state index in [2.05, 4.69) is 5.32 Å². The fraction of sp³-hybridized carbons (Fsp3) is 0.417. The van der Waals surface area contributed by atoms with Crippen LogP contribution in [0.2, 0.25) is 0 Å². The van der Waals surface area contributed by atoms with Crippen molar-refractivity contribution < 1.29 is 14.3 Å². The summed E-state index contributed by atoms with van der Waals surface area (Å²) in [5.74, 6) is 0.831. The van der Waals surface area contributed by atoms with Crippen molar-refractivity contribution in [2.24, 2.45) is 0 Å². The molecule has 1 fully saturated rings. The molecule has 1 aromatic carbocycles. The van der Waals surface area contributed by atoms with E-state index in [9.17, 15) is 4.79 Å². The van der Waals surface area contributed by atoms with Crippen molar-refractivity contribution in [3.63, 3.8) is 0 Å². The van der Waals surface area contributed by atoms with Crippen LogP contribution in [-0.4, -0.2) is 19.3 Å². The summed E-state index contributed by atoms with van der Waals surface area (Å²) in [6.45, 7) is 3.02. The Morgan fingerprint density at radius 3 is 3.06 bits per heavy atom. The summed E-state index contributed by atoms with van der Waals surface area (Å²) >= 11 is 0. The zero-order valence-electron chi connectivity index (χ0n) is 9.23. The van der Waals surface area contributed by atoms with Gasteiger partial charge in [-0.15, -0.1) is 0 Å². The van der Waals surface area contributed by atoms with Gasteiger partial charge in [0, 0.05) is 12.0 Å². The first-order chi connectivity index (χ1) is 7.81. The highest BCUT2D eigenvalue weighted by Crippen LogP contribution is 2.28. The van der Waals surface area contributed by atoms with Gasteiger partial charge in [0.05, 0.1) is 19.3 Å². The number of ether oxygens (including phenoxy) is 2. The van der Waals surface area contributed by atoms with Crippen molar-refractivity contribution in [2.45, 2.75) is 19.4 Å². The maximum Gasteiger partial charge on any atom is 0.407 e. The quantitative estimate of drug-likeness (QED) is 0.851. The fourth-order valence-corrected chi connectivity index (χ4v) is 1.81. The molecule has 1 heterocycles. The van der Waals surface area contributed by atoms with E-state index < -0.39 is 0 Å². The van der Waals surface area contributed by atoms with Crippen LogP contribution >= 0.6 is 0 Å². The minimum absolute atomic E-state index is 0.0102. The van der Waals surface area contributed by atoms with E-state index in [4.69, 9.17) is 9.47 Å². The van der Waals surface area contributed by atoms with Crippen molar-refractivity contribution >= 4 is 6.09 Å². The van der Waals surface area contributed by atoms with Crippen molar-refractivity contribution in [1.29, 1.82) is 0 Å². The van der Waals surface area contributed by atoms with Gasteiger partial charge in [0.15, 0.2) is 0 Å². The van der Waals surface area contributed by atoms with Gasteiger partial charge in [0.2, 0.25) is 0 Å². The van der Waals surface area contributed by atoms with Crippen LogP contribution in [0.5, 0.6) is 5.75 Å². The topological polar surface area (TPSA) is 47.6 Å². The normalized spacial score (nSPS) is 19.8. The van der Waals surface area contributed by atoms with E-state index in [1.807, 2.05) is 31.2 Å². The Morgan fingerprint density at radius 2 is 2.31 bits per heavy atom. The molecule has 0 bridgehead atoms. The number of hydrogen-bond donors (Lipinski definition) is 1. The molecule has 16 heavy (non-hydrogen) atoms. The maximum absolute atomic E-state index is 11.1. The molecule has 0 radical (unpaired) electrons.